The van der Waals surface area contributed by atoms with Crippen LogP contribution >= 0.6 is 0 Å². The van der Waals surface area contributed by atoms with Gasteiger partial charge < -0.3 is 19.2 Å². The summed E-state index contributed by atoms with van der Waals surface area (Å²) in [7, 11) is 3.80. The quantitative estimate of drug-likeness (QED) is 0.756. The number of carbonyl (C=O) groups is 1. The Balaban J connectivity index is 2.15. The normalized spacial score (nSPS) is 18.2. The molecule has 0 N–H and O–H groups in total. The van der Waals surface area contributed by atoms with Gasteiger partial charge in [0.05, 0.1) is 7.11 Å². The number of hydrogen-bond donors (Lipinski definition) is 0. The van der Waals surface area contributed by atoms with Crippen LogP contribution in [0.2, 0.25) is 0 Å². The van der Waals surface area contributed by atoms with Crippen molar-refractivity contribution in [1.82, 2.24) is 4.90 Å². The first-order valence-electron chi connectivity index (χ1n) is 7.61. The van der Waals surface area contributed by atoms with Crippen molar-refractivity contribution >= 4 is 6.29 Å². The van der Waals surface area contributed by atoms with Crippen molar-refractivity contribution in [3.63, 3.8) is 0 Å². The fraction of sp³-hybridized carbons (Fsp3) is 0.588. The van der Waals surface area contributed by atoms with E-state index in [1.54, 1.807) is 7.11 Å². The maximum atomic E-state index is 10.7. The van der Waals surface area contributed by atoms with Crippen molar-refractivity contribution in [1.29, 1.82) is 0 Å². The molecule has 1 atom stereocenters. The van der Waals surface area contributed by atoms with Crippen molar-refractivity contribution in [3.8, 4) is 11.5 Å². The second-order valence-electron chi connectivity index (χ2n) is 5.80. The first-order chi connectivity index (χ1) is 10.2. The highest BCUT2D eigenvalue weighted by Gasteiger charge is 2.21. The van der Waals surface area contributed by atoms with E-state index >= 15 is 0 Å². The SMILES string of the molecule is COc1c(OC2CCN(C)CC2)cccc1C(C)CC=O. The smallest absolute Gasteiger partial charge is 0.164 e. The summed E-state index contributed by atoms with van der Waals surface area (Å²) in [6.45, 7) is 4.16. The maximum Gasteiger partial charge on any atom is 0.164 e. The van der Waals surface area contributed by atoms with Crippen molar-refractivity contribution < 1.29 is 14.3 Å². The lowest BCUT2D eigenvalue weighted by Gasteiger charge is -2.30. The molecule has 1 saturated heterocycles. The summed E-state index contributed by atoms with van der Waals surface area (Å²) in [5.41, 5.74) is 1.04. The molecule has 1 aliphatic heterocycles. The summed E-state index contributed by atoms with van der Waals surface area (Å²) in [6.07, 6.45) is 3.76. The largest absolute Gasteiger partial charge is 0.493 e. The first-order valence-corrected chi connectivity index (χ1v) is 7.61. The Labute approximate surface area is 127 Å². The molecule has 4 heteroatoms. The zero-order chi connectivity index (χ0) is 15.2. The second-order valence-corrected chi connectivity index (χ2v) is 5.80. The van der Waals surface area contributed by atoms with Crippen LogP contribution in [-0.2, 0) is 4.79 Å². The van der Waals surface area contributed by atoms with E-state index < -0.39 is 0 Å². The molecular weight excluding hydrogens is 266 g/mol. The second kappa shape index (κ2) is 7.46. The number of para-hydroxylation sites is 1. The summed E-state index contributed by atoms with van der Waals surface area (Å²) in [5, 5.41) is 0. The number of carbonyl (C=O) groups excluding carboxylic acids is 1. The van der Waals surface area contributed by atoms with Gasteiger partial charge in [-0.15, -0.1) is 0 Å². The molecule has 1 aromatic carbocycles. The highest BCUT2D eigenvalue weighted by Crippen LogP contribution is 2.37. The fourth-order valence-corrected chi connectivity index (χ4v) is 2.79. The molecule has 116 valence electrons. The van der Waals surface area contributed by atoms with Gasteiger partial charge in [0.2, 0.25) is 0 Å². The molecule has 2 rings (SSSR count). The van der Waals surface area contributed by atoms with Crippen molar-refractivity contribution in [2.75, 3.05) is 27.2 Å². The Kier molecular flexibility index (Phi) is 5.62. The number of likely N-dealkylation sites (tertiary alicyclic amines) is 1. The third-order valence-electron chi connectivity index (χ3n) is 4.15. The minimum absolute atomic E-state index is 0.137. The van der Waals surface area contributed by atoms with Crippen LogP contribution in [0.15, 0.2) is 18.2 Å². The maximum absolute atomic E-state index is 10.7. The Morgan fingerprint density at radius 2 is 2.10 bits per heavy atom. The van der Waals surface area contributed by atoms with Gasteiger partial charge in [-0.1, -0.05) is 19.1 Å². The number of ether oxygens (including phenoxy) is 2. The minimum atomic E-state index is 0.137. The molecule has 1 heterocycles. The van der Waals surface area contributed by atoms with E-state index in [2.05, 4.69) is 11.9 Å². The third-order valence-corrected chi connectivity index (χ3v) is 4.15. The van der Waals surface area contributed by atoms with E-state index in [1.807, 2.05) is 25.1 Å². The van der Waals surface area contributed by atoms with Crippen LogP contribution in [0.3, 0.4) is 0 Å². The van der Waals surface area contributed by atoms with Crippen LogP contribution in [0, 0.1) is 0 Å². The predicted octanol–water partition coefficient (Wildman–Crippen LogP) is 2.86. The standard InChI is InChI=1S/C17H25NO3/c1-13(9-12-19)15-5-4-6-16(17(15)20-3)21-14-7-10-18(2)11-8-14/h4-6,12-14H,7-11H2,1-3H3. The number of piperidine rings is 1. The summed E-state index contributed by atoms with van der Waals surface area (Å²) >= 11 is 0. The Bertz CT molecular complexity index is 467. The lowest BCUT2D eigenvalue weighted by Crippen LogP contribution is -2.35. The van der Waals surface area contributed by atoms with Gasteiger partial charge in [0.1, 0.15) is 12.4 Å². The van der Waals surface area contributed by atoms with E-state index in [-0.39, 0.29) is 12.0 Å². The molecule has 0 amide bonds. The van der Waals surface area contributed by atoms with E-state index in [0.29, 0.717) is 6.42 Å². The average Bonchev–Trinajstić information content (AvgIpc) is 2.49. The highest BCUT2D eigenvalue weighted by atomic mass is 16.5. The van der Waals surface area contributed by atoms with E-state index in [4.69, 9.17) is 9.47 Å². The van der Waals surface area contributed by atoms with Crippen molar-refractivity contribution in [2.45, 2.75) is 38.2 Å². The number of methoxy groups -OCH3 is 1. The Morgan fingerprint density at radius 1 is 1.38 bits per heavy atom. The van der Waals surface area contributed by atoms with Crippen molar-refractivity contribution in [2.24, 2.45) is 0 Å². The molecule has 0 aliphatic carbocycles. The predicted molar refractivity (Wildman–Crippen MR) is 83.2 cm³/mol. The fourth-order valence-electron chi connectivity index (χ4n) is 2.79. The van der Waals surface area contributed by atoms with Crippen LogP contribution in [0.1, 0.15) is 37.7 Å². The van der Waals surface area contributed by atoms with Gasteiger partial charge >= 0.3 is 0 Å². The van der Waals surface area contributed by atoms with Gasteiger partial charge in [-0.25, -0.2) is 0 Å². The van der Waals surface area contributed by atoms with Gasteiger partial charge in [0, 0.05) is 25.1 Å². The number of hydrogen-bond acceptors (Lipinski definition) is 4. The average molecular weight is 291 g/mol. The summed E-state index contributed by atoms with van der Waals surface area (Å²) < 4.78 is 11.7. The number of rotatable bonds is 6. The molecule has 1 fully saturated rings. The summed E-state index contributed by atoms with van der Waals surface area (Å²) in [5.74, 6) is 1.70. The lowest BCUT2D eigenvalue weighted by atomic mass is 9.97. The monoisotopic (exact) mass is 291 g/mol. The molecule has 21 heavy (non-hydrogen) atoms. The third kappa shape index (κ3) is 3.97. The lowest BCUT2D eigenvalue weighted by molar-refractivity contribution is -0.108. The molecular formula is C17H25NO3. The van der Waals surface area contributed by atoms with Crippen LogP contribution in [0.4, 0.5) is 0 Å². The van der Waals surface area contributed by atoms with Crippen LogP contribution in [0.25, 0.3) is 0 Å². The number of aldehydes is 1. The molecule has 0 radical (unpaired) electrons. The molecule has 1 unspecified atom stereocenters. The highest BCUT2D eigenvalue weighted by molar-refractivity contribution is 5.55. The zero-order valence-electron chi connectivity index (χ0n) is 13.2. The molecule has 1 aromatic rings. The summed E-state index contributed by atoms with van der Waals surface area (Å²) in [6, 6.07) is 5.94. The minimum Gasteiger partial charge on any atom is -0.493 e. The van der Waals surface area contributed by atoms with Crippen LogP contribution in [-0.4, -0.2) is 44.5 Å². The van der Waals surface area contributed by atoms with Gasteiger partial charge in [-0.3, -0.25) is 0 Å². The molecule has 0 spiro atoms. The Hall–Kier alpha value is -1.55. The van der Waals surface area contributed by atoms with Gasteiger partial charge in [-0.05, 0) is 31.9 Å². The van der Waals surface area contributed by atoms with E-state index in [9.17, 15) is 4.79 Å². The molecule has 0 aromatic heterocycles. The van der Waals surface area contributed by atoms with Crippen LogP contribution < -0.4 is 9.47 Å². The number of benzene rings is 1. The molecule has 4 nitrogen and oxygen atoms in total. The van der Waals surface area contributed by atoms with E-state index in [0.717, 1.165) is 49.3 Å². The molecule has 0 bridgehead atoms. The zero-order valence-corrected chi connectivity index (χ0v) is 13.2. The first kappa shape index (κ1) is 15.8. The summed E-state index contributed by atoms with van der Waals surface area (Å²) in [4.78, 5) is 13.1. The van der Waals surface area contributed by atoms with Crippen LogP contribution in [0.5, 0.6) is 11.5 Å². The van der Waals surface area contributed by atoms with Crippen molar-refractivity contribution in [3.05, 3.63) is 23.8 Å². The van der Waals surface area contributed by atoms with Gasteiger partial charge in [-0.2, -0.15) is 0 Å². The molecule has 1 aliphatic rings. The van der Waals surface area contributed by atoms with Gasteiger partial charge in [0.15, 0.2) is 11.5 Å². The Morgan fingerprint density at radius 3 is 2.71 bits per heavy atom. The topological polar surface area (TPSA) is 38.8 Å². The molecule has 0 saturated carbocycles. The number of nitrogens with zero attached hydrogens (tertiary/aromatic N) is 1. The van der Waals surface area contributed by atoms with E-state index in [1.165, 1.54) is 0 Å². The van der Waals surface area contributed by atoms with Gasteiger partial charge in [0.25, 0.3) is 0 Å².